The minimum absolute atomic E-state index is 0.194. The first-order chi connectivity index (χ1) is 8.52. The van der Waals surface area contributed by atoms with Crippen LogP contribution in [-0.4, -0.2) is 24.7 Å². The van der Waals surface area contributed by atoms with Crippen LogP contribution in [-0.2, 0) is 4.74 Å². The first-order valence-electron chi connectivity index (χ1n) is 5.88. The zero-order valence-corrected chi connectivity index (χ0v) is 11.7. The number of hydrogen-bond donors (Lipinski definition) is 1. The molecule has 1 N–H and O–H groups in total. The predicted octanol–water partition coefficient (Wildman–Crippen LogP) is 2.89. The molecule has 18 heavy (non-hydrogen) atoms. The van der Waals surface area contributed by atoms with Crippen LogP contribution >= 0.6 is 15.9 Å². The molecule has 3 nitrogen and oxygen atoms in total. The highest BCUT2D eigenvalue weighted by Gasteiger charge is 2.30. The Hall–Kier alpha value is -0.940. The van der Waals surface area contributed by atoms with Gasteiger partial charge in [0.1, 0.15) is 5.82 Å². The Labute approximate surface area is 114 Å². The molecule has 2 rings (SSSR count). The van der Waals surface area contributed by atoms with Crippen LogP contribution in [0, 0.1) is 5.82 Å². The predicted molar refractivity (Wildman–Crippen MR) is 70.0 cm³/mol. The molecule has 0 saturated carbocycles. The van der Waals surface area contributed by atoms with Gasteiger partial charge in [-0.1, -0.05) is 6.07 Å². The van der Waals surface area contributed by atoms with Crippen LogP contribution in [0.5, 0.6) is 0 Å². The van der Waals surface area contributed by atoms with Crippen LogP contribution in [0.3, 0.4) is 0 Å². The van der Waals surface area contributed by atoms with E-state index in [1.54, 1.807) is 6.07 Å². The lowest BCUT2D eigenvalue weighted by atomic mass is 10.0. The number of benzene rings is 1. The van der Waals surface area contributed by atoms with Crippen LogP contribution in [0.25, 0.3) is 0 Å². The number of carbonyl (C=O) groups excluding carboxylic acids is 1. The fraction of sp³-hybridized carbons (Fsp3) is 0.462. The standard InChI is InChI=1S/C13H15BrFNO2/c1-13(6-3-7-18-13)8-16-12(17)9-4-2-5-10(15)11(9)14/h2,4-5H,3,6-8H2,1H3,(H,16,17). The van der Waals surface area contributed by atoms with E-state index in [9.17, 15) is 9.18 Å². The Bertz CT molecular complexity index is 458. The Morgan fingerprint density at radius 2 is 2.39 bits per heavy atom. The Morgan fingerprint density at radius 1 is 1.61 bits per heavy atom. The molecule has 1 atom stereocenters. The van der Waals surface area contributed by atoms with Gasteiger partial charge < -0.3 is 10.1 Å². The number of hydrogen-bond acceptors (Lipinski definition) is 2. The molecule has 0 radical (unpaired) electrons. The van der Waals surface area contributed by atoms with Crippen molar-refractivity contribution in [3.8, 4) is 0 Å². The molecule has 1 aliphatic rings. The van der Waals surface area contributed by atoms with E-state index < -0.39 is 5.82 Å². The van der Waals surface area contributed by atoms with Crippen molar-refractivity contribution in [2.75, 3.05) is 13.2 Å². The van der Waals surface area contributed by atoms with Gasteiger partial charge in [-0.3, -0.25) is 4.79 Å². The average Bonchev–Trinajstić information content (AvgIpc) is 2.77. The second-order valence-corrected chi connectivity index (χ2v) is 5.48. The van der Waals surface area contributed by atoms with E-state index in [1.807, 2.05) is 6.92 Å². The van der Waals surface area contributed by atoms with Crippen molar-refractivity contribution in [1.82, 2.24) is 5.32 Å². The minimum atomic E-state index is -0.439. The van der Waals surface area contributed by atoms with Crippen molar-refractivity contribution >= 4 is 21.8 Å². The molecule has 1 aromatic carbocycles. The summed E-state index contributed by atoms with van der Waals surface area (Å²) in [6.07, 6.45) is 1.94. The van der Waals surface area contributed by atoms with Crippen molar-refractivity contribution in [2.24, 2.45) is 0 Å². The van der Waals surface area contributed by atoms with Gasteiger partial charge in [-0.15, -0.1) is 0 Å². The number of amides is 1. The molecule has 0 aliphatic carbocycles. The van der Waals surface area contributed by atoms with E-state index in [0.717, 1.165) is 19.4 Å². The van der Waals surface area contributed by atoms with Crippen molar-refractivity contribution in [3.63, 3.8) is 0 Å². The highest BCUT2D eigenvalue weighted by atomic mass is 79.9. The third-order valence-corrected chi connectivity index (χ3v) is 3.93. The number of rotatable bonds is 3. The SMILES string of the molecule is CC1(CNC(=O)c2cccc(F)c2Br)CCCO1. The van der Waals surface area contributed by atoms with Crippen molar-refractivity contribution in [3.05, 3.63) is 34.1 Å². The summed E-state index contributed by atoms with van der Waals surface area (Å²) in [5.74, 6) is -0.732. The first-order valence-corrected chi connectivity index (χ1v) is 6.67. The van der Waals surface area contributed by atoms with Gasteiger partial charge in [0.2, 0.25) is 0 Å². The van der Waals surface area contributed by atoms with E-state index in [1.165, 1.54) is 12.1 Å². The van der Waals surface area contributed by atoms with Gasteiger partial charge in [0.15, 0.2) is 0 Å². The second-order valence-electron chi connectivity index (χ2n) is 4.69. The van der Waals surface area contributed by atoms with E-state index in [0.29, 0.717) is 12.1 Å². The number of halogens is 2. The fourth-order valence-corrected chi connectivity index (χ4v) is 2.46. The normalized spacial score (nSPS) is 23.1. The highest BCUT2D eigenvalue weighted by molar-refractivity contribution is 9.10. The summed E-state index contributed by atoms with van der Waals surface area (Å²) in [6, 6.07) is 4.41. The van der Waals surface area contributed by atoms with Gasteiger partial charge >= 0.3 is 0 Å². The van der Waals surface area contributed by atoms with E-state index in [-0.39, 0.29) is 16.0 Å². The minimum Gasteiger partial charge on any atom is -0.373 e. The van der Waals surface area contributed by atoms with E-state index in [4.69, 9.17) is 4.74 Å². The smallest absolute Gasteiger partial charge is 0.252 e. The molecule has 1 unspecified atom stereocenters. The zero-order chi connectivity index (χ0) is 13.2. The maximum absolute atomic E-state index is 13.3. The molecule has 1 fully saturated rings. The third-order valence-electron chi connectivity index (χ3n) is 3.12. The summed E-state index contributed by atoms with van der Waals surface area (Å²) in [5.41, 5.74) is 0.00624. The molecule has 1 amide bonds. The molecule has 1 aromatic rings. The summed E-state index contributed by atoms with van der Waals surface area (Å²) in [4.78, 5) is 12.0. The molecular formula is C13H15BrFNO2. The lowest BCUT2D eigenvalue weighted by molar-refractivity contribution is 0.0206. The number of carbonyl (C=O) groups is 1. The van der Waals surface area contributed by atoms with Gasteiger partial charge in [-0.05, 0) is 47.8 Å². The maximum atomic E-state index is 13.3. The molecule has 1 aliphatic heterocycles. The van der Waals surface area contributed by atoms with E-state index >= 15 is 0 Å². The van der Waals surface area contributed by atoms with Crippen molar-refractivity contribution in [1.29, 1.82) is 0 Å². The van der Waals surface area contributed by atoms with Gasteiger partial charge in [-0.2, -0.15) is 0 Å². The van der Waals surface area contributed by atoms with Gasteiger partial charge in [0.25, 0.3) is 5.91 Å². The molecule has 0 aromatic heterocycles. The second kappa shape index (κ2) is 5.36. The van der Waals surface area contributed by atoms with Crippen LogP contribution in [0.2, 0.25) is 0 Å². The van der Waals surface area contributed by atoms with Crippen LogP contribution in [0.1, 0.15) is 30.1 Å². The van der Waals surface area contributed by atoms with Gasteiger partial charge in [0.05, 0.1) is 15.6 Å². The Morgan fingerprint density at radius 3 is 3.06 bits per heavy atom. The quantitative estimate of drug-likeness (QED) is 0.931. The highest BCUT2D eigenvalue weighted by Crippen LogP contribution is 2.25. The first kappa shape index (κ1) is 13.5. The summed E-state index contributed by atoms with van der Waals surface area (Å²) in [5, 5.41) is 2.79. The fourth-order valence-electron chi connectivity index (χ4n) is 2.02. The van der Waals surface area contributed by atoms with Crippen LogP contribution < -0.4 is 5.32 Å². The van der Waals surface area contributed by atoms with Crippen LogP contribution in [0.4, 0.5) is 4.39 Å². The number of nitrogens with one attached hydrogen (secondary N) is 1. The van der Waals surface area contributed by atoms with Gasteiger partial charge in [-0.25, -0.2) is 4.39 Å². The van der Waals surface area contributed by atoms with Crippen LogP contribution in [0.15, 0.2) is 22.7 Å². The topological polar surface area (TPSA) is 38.3 Å². The maximum Gasteiger partial charge on any atom is 0.252 e. The summed E-state index contributed by atoms with van der Waals surface area (Å²) in [6.45, 7) is 3.14. The monoisotopic (exact) mass is 315 g/mol. The lowest BCUT2D eigenvalue weighted by Crippen LogP contribution is -2.40. The largest absolute Gasteiger partial charge is 0.373 e. The average molecular weight is 316 g/mol. The third kappa shape index (κ3) is 2.90. The molecule has 1 heterocycles. The molecule has 0 spiro atoms. The summed E-state index contributed by atoms with van der Waals surface area (Å²) >= 11 is 3.08. The summed E-state index contributed by atoms with van der Waals surface area (Å²) in [7, 11) is 0. The van der Waals surface area contributed by atoms with E-state index in [2.05, 4.69) is 21.2 Å². The molecular weight excluding hydrogens is 301 g/mol. The Balaban J connectivity index is 2.01. The Kier molecular flexibility index (Phi) is 4.02. The zero-order valence-electron chi connectivity index (χ0n) is 10.1. The van der Waals surface area contributed by atoms with Gasteiger partial charge in [0, 0.05) is 13.2 Å². The lowest BCUT2D eigenvalue weighted by Gasteiger charge is -2.23. The molecule has 98 valence electrons. The van der Waals surface area contributed by atoms with Crippen molar-refractivity contribution < 1.29 is 13.9 Å². The molecule has 5 heteroatoms. The summed E-state index contributed by atoms with van der Waals surface area (Å²) < 4.78 is 19.1. The molecule has 1 saturated heterocycles. The number of ether oxygens (including phenoxy) is 1. The molecule has 0 bridgehead atoms. The van der Waals surface area contributed by atoms with Crippen molar-refractivity contribution in [2.45, 2.75) is 25.4 Å².